The number of halogens is 2. The number of anilines is 1. The van der Waals surface area contributed by atoms with Crippen LogP contribution in [0.1, 0.15) is 10.4 Å². The molecule has 0 heterocycles. The predicted molar refractivity (Wildman–Crippen MR) is 65.6 cm³/mol. The lowest BCUT2D eigenvalue weighted by molar-refractivity contribution is -0.383. The first kappa shape index (κ1) is 14.8. The number of nitro benzene ring substituents is 1. The number of rotatable bonds is 5. The Hall–Kier alpha value is -2.25. The van der Waals surface area contributed by atoms with Gasteiger partial charge in [-0.05, 0) is 12.1 Å². The molecule has 0 aliphatic rings. The average Bonchev–Trinajstić information content (AvgIpc) is 2.36. The van der Waals surface area contributed by atoms with E-state index in [1.54, 1.807) is 0 Å². The van der Waals surface area contributed by atoms with E-state index in [4.69, 9.17) is 0 Å². The monoisotopic (exact) mass is 273 g/mol. The topological polar surface area (TPSA) is 75.5 Å². The summed E-state index contributed by atoms with van der Waals surface area (Å²) in [6, 6.07) is 3.67. The molecular formula is C11H13F2N3O3. The highest BCUT2D eigenvalue weighted by molar-refractivity contribution is 5.95. The van der Waals surface area contributed by atoms with Gasteiger partial charge in [-0.15, -0.1) is 0 Å². The first-order chi connectivity index (χ1) is 8.86. The van der Waals surface area contributed by atoms with Crippen molar-refractivity contribution in [1.29, 1.82) is 0 Å². The van der Waals surface area contributed by atoms with Crippen LogP contribution in [0, 0.1) is 10.1 Å². The van der Waals surface area contributed by atoms with E-state index >= 15 is 0 Å². The first-order valence-electron chi connectivity index (χ1n) is 5.36. The molecule has 0 aliphatic carbocycles. The Bertz CT molecular complexity index is 494. The summed E-state index contributed by atoms with van der Waals surface area (Å²) >= 11 is 0. The molecule has 1 aromatic carbocycles. The maximum Gasteiger partial charge on any atom is 0.292 e. The molecule has 0 bridgehead atoms. The number of nitrogens with one attached hydrogen (secondary N) is 1. The van der Waals surface area contributed by atoms with E-state index < -0.39 is 23.8 Å². The van der Waals surface area contributed by atoms with Crippen molar-refractivity contribution in [2.75, 3.05) is 26.0 Å². The van der Waals surface area contributed by atoms with Gasteiger partial charge < -0.3 is 10.2 Å². The maximum atomic E-state index is 12.2. The summed E-state index contributed by atoms with van der Waals surface area (Å²) in [5, 5.41) is 13.3. The third kappa shape index (κ3) is 3.60. The molecule has 6 nitrogen and oxygen atoms in total. The lowest BCUT2D eigenvalue weighted by Gasteiger charge is -2.16. The fourth-order valence-electron chi connectivity index (χ4n) is 1.54. The minimum absolute atomic E-state index is 0.109. The Morgan fingerprint density at radius 3 is 2.63 bits per heavy atom. The molecule has 0 radical (unpaired) electrons. The Kier molecular flexibility index (Phi) is 4.74. The fourth-order valence-corrected chi connectivity index (χ4v) is 1.54. The third-order valence-electron chi connectivity index (χ3n) is 2.47. The quantitative estimate of drug-likeness (QED) is 0.657. The van der Waals surface area contributed by atoms with Gasteiger partial charge in [0.2, 0.25) is 0 Å². The third-order valence-corrected chi connectivity index (χ3v) is 2.47. The summed E-state index contributed by atoms with van der Waals surface area (Å²) in [5.74, 6) is -0.619. The molecule has 8 heteroatoms. The molecule has 1 amide bonds. The lowest BCUT2D eigenvalue weighted by atomic mass is 10.1. The van der Waals surface area contributed by atoms with Gasteiger partial charge in [0.15, 0.2) is 0 Å². The van der Waals surface area contributed by atoms with E-state index in [9.17, 15) is 23.7 Å². The molecule has 0 saturated heterocycles. The Labute approximate surface area is 108 Å². The van der Waals surface area contributed by atoms with Gasteiger partial charge in [0.05, 0.1) is 11.5 Å². The number of nitrogens with zero attached hydrogens (tertiary/aromatic N) is 2. The van der Waals surface area contributed by atoms with Crippen LogP contribution in [0.2, 0.25) is 0 Å². The van der Waals surface area contributed by atoms with Gasteiger partial charge in [0, 0.05) is 25.7 Å². The molecule has 1 aromatic rings. The molecule has 0 saturated carbocycles. The molecule has 0 aromatic heterocycles. The summed E-state index contributed by atoms with van der Waals surface area (Å²) < 4.78 is 24.4. The number of hydrogen-bond acceptors (Lipinski definition) is 4. The lowest BCUT2D eigenvalue weighted by Crippen LogP contribution is -2.31. The number of nitro groups is 1. The summed E-state index contributed by atoms with van der Waals surface area (Å²) in [5.41, 5.74) is 0.0787. The molecule has 104 valence electrons. The van der Waals surface area contributed by atoms with Gasteiger partial charge in [-0.3, -0.25) is 14.9 Å². The van der Waals surface area contributed by atoms with Gasteiger partial charge in [0.1, 0.15) is 5.69 Å². The van der Waals surface area contributed by atoms with Gasteiger partial charge in [-0.2, -0.15) is 0 Å². The second kappa shape index (κ2) is 6.07. The number of alkyl halides is 2. The van der Waals surface area contributed by atoms with E-state index in [0.29, 0.717) is 0 Å². The Morgan fingerprint density at radius 1 is 1.53 bits per heavy atom. The van der Waals surface area contributed by atoms with Crippen LogP contribution in [0.3, 0.4) is 0 Å². The normalized spacial score (nSPS) is 10.4. The minimum atomic E-state index is -2.63. The summed E-state index contributed by atoms with van der Waals surface area (Å²) in [4.78, 5) is 22.8. The van der Waals surface area contributed by atoms with Crippen molar-refractivity contribution < 1.29 is 18.5 Å². The van der Waals surface area contributed by atoms with Crippen LogP contribution < -0.4 is 5.32 Å². The second-order valence-electron chi connectivity index (χ2n) is 3.82. The standard InChI is InChI=1S/C11H13F2N3O3/c1-14-8-5-7(3-4-9(8)16(18)19)11(17)15(2)6-10(12)13/h3-5,10,14H,6H2,1-2H3. The zero-order valence-corrected chi connectivity index (χ0v) is 10.4. The first-order valence-corrected chi connectivity index (χ1v) is 5.36. The summed E-state index contributed by atoms with van der Waals surface area (Å²) in [7, 11) is 2.72. The second-order valence-corrected chi connectivity index (χ2v) is 3.82. The number of hydrogen-bond donors (Lipinski definition) is 1. The minimum Gasteiger partial charge on any atom is -0.383 e. The Balaban J connectivity index is 3.02. The van der Waals surface area contributed by atoms with Crippen LogP contribution in [0.5, 0.6) is 0 Å². The zero-order valence-electron chi connectivity index (χ0n) is 10.4. The number of carbonyl (C=O) groups is 1. The fraction of sp³-hybridized carbons (Fsp3) is 0.364. The molecule has 0 fully saturated rings. The number of amides is 1. The van der Waals surface area contributed by atoms with Crippen molar-refractivity contribution in [3.8, 4) is 0 Å². The number of benzene rings is 1. The molecule has 0 aliphatic heterocycles. The van der Waals surface area contributed by atoms with Crippen LogP contribution in [-0.2, 0) is 0 Å². The van der Waals surface area contributed by atoms with Gasteiger partial charge in [-0.25, -0.2) is 8.78 Å². The van der Waals surface area contributed by atoms with E-state index in [0.717, 1.165) is 11.0 Å². The SMILES string of the molecule is CNc1cc(C(=O)N(C)CC(F)F)ccc1[N+](=O)[O-]. The van der Waals surface area contributed by atoms with E-state index in [2.05, 4.69) is 5.32 Å². The van der Waals surface area contributed by atoms with Crippen LogP contribution in [0.25, 0.3) is 0 Å². The maximum absolute atomic E-state index is 12.2. The van der Waals surface area contributed by atoms with Crippen molar-refractivity contribution in [3.63, 3.8) is 0 Å². The van der Waals surface area contributed by atoms with Gasteiger partial charge in [-0.1, -0.05) is 0 Å². The molecule has 1 N–H and O–H groups in total. The predicted octanol–water partition coefficient (Wildman–Crippen LogP) is 1.97. The molecule has 0 spiro atoms. The van der Waals surface area contributed by atoms with E-state index in [1.165, 1.54) is 26.2 Å². The molecular weight excluding hydrogens is 260 g/mol. The largest absolute Gasteiger partial charge is 0.383 e. The highest BCUT2D eigenvalue weighted by Gasteiger charge is 2.19. The highest BCUT2D eigenvalue weighted by Crippen LogP contribution is 2.25. The molecule has 1 rings (SSSR count). The van der Waals surface area contributed by atoms with E-state index in [-0.39, 0.29) is 16.9 Å². The Morgan fingerprint density at radius 2 is 2.16 bits per heavy atom. The molecule has 0 atom stereocenters. The highest BCUT2D eigenvalue weighted by atomic mass is 19.3. The van der Waals surface area contributed by atoms with Crippen molar-refractivity contribution in [3.05, 3.63) is 33.9 Å². The zero-order chi connectivity index (χ0) is 14.6. The van der Waals surface area contributed by atoms with Crippen LogP contribution in [0.4, 0.5) is 20.2 Å². The van der Waals surface area contributed by atoms with Crippen molar-refractivity contribution >= 4 is 17.3 Å². The van der Waals surface area contributed by atoms with Gasteiger partial charge in [0.25, 0.3) is 18.0 Å². The molecule has 19 heavy (non-hydrogen) atoms. The molecule has 0 unspecified atom stereocenters. The summed E-state index contributed by atoms with van der Waals surface area (Å²) in [6.45, 7) is -0.690. The van der Waals surface area contributed by atoms with Gasteiger partial charge >= 0.3 is 0 Å². The van der Waals surface area contributed by atoms with Crippen LogP contribution in [-0.4, -0.2) is 42.8 Å². The van der Waals surface area contributed by atoms with Crippen molar-refractivity contribution in [2.24, 2.45) is 0 Å². The average molecular weight is 273 g/mol. The smallest absolute Gasteiger partial charge is 0.292 e. The van der Waals surface area contributed by atoms with Crippen LogP contribution in [0.15, 0.2) is 18.2 Å². The van der Waals surface area contributed by atoms with E-state index in [1.807, 2.05) is 0 Å². The van der Waals surface area contributed by atoms with Crippen molar-refractivity contribution in [2.45, 2.75) is 6.43 Å². The van der Waals surface area contributed by atoms with Crippen LogP contribution >= 0.6 is 0 Å². The summed E-state index contributed by atoms with van der Waals surface area (Å²) in [6.07, 6.45) is -2.63. The van der Waals surface area contributed by atoms with Crippen molar-refractivity contribution in [1.82, 2.24) is 4.90 Å². The number of carbonyl (C=O) groups excluding carboxylic acids is 1.